The predicted octanol–water partition coefficient (Wildman–Crippen LogP) is 17.8. The number of benzene rings is 10. The Labute approximate surface area is 400 Å². The average molecular weight is 871 g/mol. The maximum atomic E-state index is 2.47. The Morgan fingerprint density at radius 2 is 0.588 bits per heavy atom. The van der Waals surface area contributed by atoms with Gasteiger partial charge in [-0.05, 0) is 116 Å². The Morgan fingerprint density at radius 3 is 1.06 bits per heavy atom. The normalized spacial score (nSPS) is 15.1. The van der Waals surface area contributed by atoms with Gasteiger partial charge in [0.25, 0.3) is 0 Å². The van der Waals surface area contributed by atoms with Gasteiger partial charge in [0.2, 0.25) is 0 Å². The second kappa shape index (κ2) is 19.0. The molecule has 0 N–H and O–H groups in total. The van der Waals surface area contributed by atoms with Gasteiger partial charge in [-0.2, -0.15) is 0 Å². The van der Waals surface area contributed by atoms with E-state index in [9.17, 15) is 0 Å². The summed E-state index contributed by atoms with van der Waals surface area (Å²) in [5.74, 6) is 0.111. The van der Waals surface area contributed by atoms with Crippen LogP contribution in [0.5, 0.6) is 0 Å². The Morgan fingerprint density at radius 1 is 0.265 bits per heavy atom. The number of anilines is 5. The van der Waals surface area contributed by atoms with Gasteiger partial charge >= 0.3 is 0 Å². The fourth-order valence-corrected chi connectivity index (χ4v) is 9.65. The smallest absolute Gasteiger partial charge is 0.107 e. The number of nitrogens with zero attached hydrogens (tertiary/aromatic N) is 2. The Bertz CT molecular complexity index is 3260. The second-order valence-corrected chi connectivity index (χ2v) is 17.4. The van der Waals surface area contributed by atoms with Crippen molar-refractivity contribution in [3.05, 3.63) is 308 Å². The maximum absolute atomic E-state index is 2.47. The molecule has 0 aromatic heterocycles. The highest BCUT2D eigenvalue weighted by Crippen LogP contribution is 2.46. The van der Waals surface area contributed by atoms with Crippen LogP contribution in [0.15, 0.2) is 297 Å². The third kappa shape index (κ3) is 8.60. The van der Waals surface area contributed by atoms with Crippen molar-refractivity contribution in [2.24, 2.45) is 0 Å². The van der Waals surface area contributed by atoms with Crippen molar-refractivity contribution in [2.45, 2.75) is 11.5 Å². The van der Waals surface area contributed by atoms with Crippen LogP contribution in [0.25, 0.3) is 44.5 Å². The van der Waals surface area contributed by atoms with Crippen molar-refractivity contribution in [1.82, 2.24) is 0 Å². The molecule has 0 aliphatic heterocycles. The molecule has 0 heterocycles. The quantitative estimate of drug-likeness (QED) is 0.113. The van der Waals surface area contributed by atoms with Crippen molar-refractivity contribution in [3.63, 3.8) is 0 Å². The third-order valence-electron chi connectivity index (χ3n) is 13.2. The van der Waals surface area contributed by atoms with Crippen LogP contribution in [0.1, 0.15) is 17.0 Å². The average Bonchev–Trinajstić information content (AvgIpc) is 3.43. The summed E-state index contributed by atoms with van der Waals surface area (Å²) in [4.78, 5) is 4.78. The van der Waals surface area contributed by atoms with Gasteiger partial charge < -0.3 is 9.80 Å². The minimum atomic E-state index is -0.563. The van der Waals surface area contributed by atoms with Crippen molar-refractivity contribution in [3.8, 4) is 44.5 Å². The molecule has 1 aliphatic carbocycles. The Kier molecular flexibility index (Phi) is 11.7. The van der Waals surface area contributed by atoms with Crippen molar-refractivity contribution < 1.29 is 0 Å². The molecule has 10 aromatic carbocycles. The molecule has 0 atom stereocenters. The summed E-state index contributed by atoms with van der Waals surface area (Å²) in [7, 11) is 0. The van der Waals surface area contributed by atoms with E-state index in [4.69, 9.17) is 0 Å². The second-order valence-electron chi connectivity index (χ2n) is 17.4. The number of allylic oxidation sites excluding steroid dienone is 2. The first kappa shape index (κ1) is 41.9. The van der Waals surface area contributed by atoms with E-state index < -0.39 is 5.54 Å². The predicted molar refractivity (Wildman–Crippen MR) is 287 cm³/mol. The zero-order chi connectivity index (χ0) is 45.5. The first-order valence-electron chi connectivity index (χ1n) is 23.5. The summed E-state index contributed by atoms with van der Waals surface area (Å²) in [5.41, 5.74) is 17.1. The van der Waals surface area contributed by atoms with Crippen LogP contribution >= 0.6 is 0 Å². The van der Waals surface area contributed by atoms with Gasteiger partial charge in [0.05, 0.1) is 0 Å². The van der Waals surface area contributed by atoms with Gasteiger partial charge in [-0.3, -0.25) is 0 Å². The zero-order valence-electron chi connectivity index (χ0n) is 37.8. The van der Waals surface area contributed by atoms with E-state index in [0.29, 0.717) is 0 Å². The highest BCUT2D eigenvalue weighted by Gasteiger charge is 2.37. The van der Waals surface area contributed by atoms with Crippen LogP contribution < -0.4 is 9.80 Å². The number of hydrogen-bond donors (Lipinski definition) is 0. The van der Waals surface area contributed by atoms with E-state index in [0.717, 1.165) is 28.4 Å². The van der Waals surface area contributed by atoms with Crippen molar-refractivity contribution >= 4 is 28.4 Å². The molecule has 0 saturated heterocycles. The van der Waals surface area contributed by atoms with Crippen LogP contribution in [0.3, 0.4) is 0 Å². The number of hydrogen-bond acceptors (Lipinski definition) is 2. The van der Waals surface area contributed by atoms with Gasteiger partial charge in [0.15, 0.2) is 0 Å². The molecule has 10 aromatic rings. The Hall–Kier alpha value is -8.72. The van der Waals surface area contributed by atoms with Crippen LogP contribution in [-0.4, -0.2) is 0 Å². The lowest BCUT2D eigenvalue weighted by Gasteiger charge is -2.44. The molecule has 2 nitrogen and oxygen atoms in total. The summed E-state index contributed by atoms with van der Waals surface area (Å²) in [5, 5.41) is 0. The molecular weight excluding hydrogens is 821 g/mol. The molecule has 0 unspecified atom stereocenters. The molecule has 324 valence electrons. The lowest BCUT2D eigenvalue weighted by atomic mass is 9.79. The molecule has 1 aliphatic rings. The minimum absolute atomic E-state index is 0.111. The zero-order valence-corrected chi connectivity index (χ0v) is 37.8. The maximum Gasteiger partial charge on any atom is 0.107 e. The van der Waals surface area contributed by atoms with Gasteiger partial charge in [-0.15, -0.1) is 0 Å². The summed E-state index contributed by atoms with van der Waals surface area (Å²) in [6.07, 6.45) is 9.56. The third-order valence-corrected chi connectivity index (χ3v) is 13.2. The van der Waals surface area contributed by atoms with E-state index in [1.807, 2.05) is 0 Å². The Balaban J connectivity index is 0.851. The monoisotopic (exact) mass is 870 g/mol. The van der Waals surface area contributed by atoms with Crippen LogP contribution in [0.2, 0.25) is 0 Å². The molecule has 0 bridgehead atoms. The van der Waals surface area contributed by atoms with Crippen molar-refractivity contribution in [2.75, 3.05) is 9.80 Å². The molecule has 11 rings (SSSR count). The molecular formula is C66H50N2. The highest BCUT2D eigenvalue weighted by atomic mass is 15.2. The lowest BCUT2D eigenvalue weighted by Crippen LogP contribution is -2.41. The summed E-state index contributed by atoms with van der Waals surface area (Å²) in [6.45, 7) is 0. The van der Waals surface area contributed by atoms with E-state index >= 15 is 0 Å². The largest absolute Gasteiger partial charge is 0.324 e. The highest BCUT2D eigenvalue weighted by molar-refractivity contribution is 5.81. The summed E-state index contributed by atoms with van der Waals surface area (Å²) >= 11 is 0. The van der Waals surface area contributed by atoms with Gasteiger partial charge in [0, 0.05) is 34.4 Å². The van der Waals surface area contributed by atoms with E-state index in [2.05, 4.69) is 307 Å². The number of rotatable bonds is 12. The van der Waals surface area contributed by atoms with Gasteiger partial charge in [0.1, 0.15) is 5.54 Å². The SMILES string of the molecule is C1=CC(c2ccccc2)(N(c2ccccc2)c2ccc(-c3ccccc3)cc2)C=CC1c1cccc(-c2ccc(-c3ccc(N(c4ccccc4)c4ccc(-c5ccccc5)cc4)cc3)cc2)c1. The van der Waals surface area contributed by atoms with Crippen LogP contribution in [0.4, 0.5) is 28.4 Å². The van der Waals surface area contributed by atoms with Crippen LogP contribution in [-0.2, 0) is 5.54 Å². The van der Waals surface area contributed by atoms with Crippen molar-refractivity contribution in [1.29, 1.82) is 0 Å². The molecule has 0 radical (unpaired) electrons. The van der Waals surface area contributed by atoms with Crippen LogP contribution in [0, 0.1) is 0 Å². The minimum Gasteiger partial charge on any atom is -0.324 e. The first-order valence-corrected chi connectivity index (χ1v) is 23.5. The van der Waals surface area contributed by atoms with E-state index in [1.54, 1.807) is 0 Å². The van der Waals surface area contributed by atoms with Gasteiger partial charge in [-0.1, -0.05) is 237 Å². The van der Waals surface area contributed by atoms with E-state index in [-0.39, 0.29) is 5.92 Å². The molecule has 0 spiro atoms. The fourth-order valence-electron chi connectivity index (χ4n) is 9.65. The topological polar surface area (TPSA) is 6.48 Å². The molecule has 0 amide bonds. The molecule has 68 heavy (non-hydrogen) atoms. The standard InChI is InChI=1S/C66H50N2/c1-6-17-50(18-7-1)53-33-39-62(40-34-53)67(61-25-12-4-13-26-61)63-41-35-55(36-42-63)52-29-31-56(32-30-52)58-21-16-22-59(49-58)57-45-47-66(48-46-57,60-23-10-3-11-24-60)68(64-27-14-5-15-28-64)65-43-37-54(38-44-65)51-19-8-2-9-20-51/h1-49,57H. The molecule has 0 saturated carbocycles. The summed E-state index contributed by atoms with van der Waals surface area (Å²) < 4.78 is 0. The van der Waals surface area contributed by atoms with E-state index in [1.165, 1.54) is 55.6 Å². The molecule has 2 heteroatoms. The lowest BCUT2D eigenvalue weighted by molar-refractivity contribution is 0.661. The first-order chi connectivity index (χ1) is 33.7. The molecule has 0 fully saturated rings. The number of para-hydroxylation sites is 2. The van der Waals surface area contributed by atoms with Gasteiger partial charge in [-0.25, -0.2) is 0 Å². The fraction of sp³-hybridized carbons (Fsp3) is 0.0303. The summed E-state index contributed by atoms with van der Waals surface area (Å²) in [6, 6.07) is 98.1.